The number of hydrogen-bond acceptors (Lipinski definition) is 4. The fourth-order valence-corrected chi connectivity index (χ4v) is 3.91. The van der Waals surface area contributed by atoms with Crippen LogP contribution in [0.4, 0.5) is 0 Å². The minimum Gasteiger partial charge on any atom is -0.351 e. The first-order chi connectivity index (χ1) is 13.1. The van der Waals surface area contributed by atoms with Crippen LogP contribution in [0, 0.1) is 0 Å². The van der Waals surface area contributed by atoms with Crippen molar-refractivity contribution in [3.05, 3.63) is 35.9 Å². The second kappa shape index (κ2) is 9.85. The number of benzene rings is 1. The van der Waals surface area contributed by atoms with Crippen LogP contribution in [-0.4, -0.2) is 78.4 Å². The molecule has 148 valence electrons. The Kier molecular flexibility index (Phi) is 7.24. The fourth-order valence-electron chi connectivity index (χ4n) is 3.91. The minimum atomic E-state index is 0.0607. The molecule has 1 aromatic rings. The number of amides is 2. The molecule has 0 aliphatic carbocycles. The van der Waals surface area contributed by atoms with E-state index in [4.69, 9.17) is 0 Å². The van der Waals surface area contributed by atoms with Gasteiger partial charge >= 0.3 is 0 Å². The number of rotatable bonds is 6. The van der Waals surface area contributed by atoms with Gasteiger partial charge in [-0.1, -0.05) is 30.3 Å². The highest BCUT2D eigenvalue weighted by Crippen LogP contribution is 2.17. The lowest BCUT2D eigenvalue weighted by molar-refractivity contribution is -0.136. The molecule has 2 saturated heterocycles. The first-order valence-electron chi connectivity index (χ1n) is 10.2. The van der Waals surface area contributed by atoms with Gasteiger partial charge in [0, 0.05) is 45.3 Å². The van der Waals surface area contributed by atoms with E-state index in [0.29, 0.717) is 25.7 Å². The van der Waals surface area contributed by atoms with Gasteiger partial charge in [-0.05, 0) is 31.7 Å². The molecule has 0 radical (unpaired) electrons. The molecule has 0 bridgehead atoms. The highest BCUT2D eigenvalue weighted by Gasteiger charge is 2.26. The SMILES string of the molecule is CC1CCCCN1C(=O)CN1CCN(CC(=O)NCc2ccccc2)CC1. The van der Waals surface area contributed by atoms with E-state index in [9.17, 15) is 9.59 Å². The van der Waals surface area contributed by atoms with Crippen LogP contribution in [-0.2, 0) is 16.1 Å². The van der Waals surface area contributed by atoms with Crippen molar-refractivity contribution in [2.75, 3.05) is 45.8 Å². The molecule has 0 spiro atoms. The van der Waals surface area contributed by atoms with Gasteiger partial charge in [0.2, 0.25) is 11.8 Å². The van der Waals surface area contributed by atoms with Crippen molar-refractivity contribution in [1.82, 2.24) is 20.0 Å². The lowest BCUT2D eigenvalue weighted by Gasteiger charge is -2.37. The van der Waals surface area contributed by atoms with Crippen molar-refractivity contribution in [1.29, 1.82) is 0 Å². The summed E-state index contributed by atoms with van der Waals surface area (Å²) in [7, 11) is 0. The molecule has 1 N–H and O–H groups in total. The highest BCUT2D eigenvalue weighted by molar-refractivity contribution is 5.79. The monoisotopic (exact) mass is 372 g/mol. The van der Waals surface area contributed by atoms with Crippen LogP contribution in [0.2, 0.25) is 0 Å². The van der Waals surface area contributed by atoms with Gasteiger partial charge in [-0.15, -0.1) is 0 Å². The largest absolute Gasteiger partial charge is 0.351 e. The number of nitrogens with one attached hydrogen (secondary N) is 1. The van der Waals surface area contributed by atoms with Crippen molar-refractivity contribution in [2.45, 2.75) is 38.8 Å². The van der Waals surface area contributed by atoms with E-state index in [2.05, 4.69) is 22.0 Å². The van der Waals surface area contributed by atoms with Crippen LogP contribution in [0.1, 0.15) is 31.7 Å². The summed E-state index contributed by atoms with van der Waals surface area (Å²) in [5.74, 6) is 0.321. The Morgan fingerprint density at radius 1 is 0.963 bits per heavy atom. The summed E-state index contributed by atoms with van der Waals surface area (Å²) >= 11 is 0. The van der Waals surface area contributed by atoms with Crippen LogP contribution in [0.15, 0.2) is 30.3 Å². The van der Waals surface area contributed by atoms with Crippen LogP contribution < -0.4 is 5.32 Å². The molecular weight excluding hydrogens is 340 g/mol. The van der Waals surface area contributed by atoms with E-state index in [1.807, 2.05) is 35.2 Å². The zero-order chi connectivity index (χ0) is 19.1. The first-order valence-corrected chi connectivity index (χ1v) is 10.2. The lowest BCUT2D eigenvalue weighted by Crippen LogP contribution is -2.53. The van der Waals surface area contributed by atoms with Crippen molar-refractivity contribution >= 4 is 11.8 Å². The van der Waals surface area contributed by atoms with E-state index in [1.165, 1.54) is 6.42 Å². The maximum absolute atomic E-state index is 12.6. The molecule has 2 amide bonds. The molecule has 6 nitrogen and oxygen atoms in total. The minimum absolute atomic E-state index is 0.0607. The number of hydrogen-bond donors (Lipinski definition) is 1. The maximum atomic E-state index is 12.6. The first kappa shape index (κ1) is 19.8. The number of piperidine rings is 1. The Balaban J connectivity index is 1.34. The van der Waals surface area contributed by atoms with Gasteiger partial charge in [0.1, 0.15) is 0 Å². The topological polar surface area (TPSA) is 55.9 Å². The summed E-state index contributed by atoms with van der Waals surface area (Å²) in [6, 6.07) is 10.3. The molecule has 0 aromatic heterocycles. The van der Waals surface area contributed by atoms with Gasteiger partial charge in [0.05, 0.1) is 13.1 Å². The third-order valence-corrected chi connectivity index (χ3v) is 5.65. The smallest absolute Gasteiger partial charge is 0.236 e. The highest BCUT2D eigenvalue weighted by atomic mass is 16.2. The van der Waals surface area contributed by atoms with Crippen LogP contribution in [0.25, 0.3) is 0 Å². The van der Waals surface area contributed by atoms with Gasteiger partial charge < -0.3 is 10.2 Å². The molecule has 6 heteroatoms. The molecule has 3 rings (SSSR count). The molecule has 0 saturated carbocycles. The Morgan fingerprint density at radius 2 is 1.63 bits per heavy atom. The van der Waals surface area contributed by atoms with Crippen molar-refractivity contribution in [2.24, 2.45) is 0 Å². The van der Waals surface area contributed by atoms with Gasteiger partial charge in [0.15, 0.2) is 0 Å². The fraction of sp³-hybridized carbons (Fsp3) is 0.619. The van der Waals surface area contributed by atoms with Gasteiger partial charge in [-0.2, -0.15) is 0 Å². The van der Waals surface area contributed by atoms with E-state index in [0.717, 1.165) is 51.1 Å². The number of carbonyl (C=O) groups excluding carboxylic acids is 2. The second-order valence-electron chi connectivity index (χ2n) is 7.75. The number of carbonyl (C=O) groups is 2. The van der Waals surface area contributed by atoms with Crippen LogP contribution in [0.5, 0.6) is 0 Å². The molecule has 1 atom stereocenters. The Hall–Kier alpha value is -1.92. The average Bonchev–Trinajstić information content (AvgIpc) is 2.69. The predicted octanol–water partition coefficient (Wildman–Crippen LogP) is 1.32. The lowest BCUT2D eigenvalue weighted by atomic mass is 10.0. The summed E-state index contributed by atoms with van der Waals surface area (Å²) in [4.78, 5) is 31.2. The van der Waals surface area contributed by atoms with Gasteiger partial charge in [-0.25, -0.2) is 0 Å². The standard InChI is InChI=1S/C21H32N4O2/c1-18-7-5-6-10-25(18)21(27)17-24-13-11-23(12-14-24)16-20(26)22-15-19-8-3-2-4-9-19/h2-4,8-9,18H,5-7,10-17H2,1H3,(H,22,26). The van der Waals surface area contributed by atoms with Crippen molar-refractivity contribution in [3.8, 4) is 0 Å². The van der Waals surface area contributed by atoms with Crippen molar-refractivity contribution in [3.63, 3.8) is 0 Å². The molecule has 27 heavy (non-hydrogen) atoms. The summed E-state index contributed by atoms with van der Waals surface area (Å²) in [6.07, 6.45) is 3.48. The summed E-state index contributed by atoms with van der Waals surface area (Å²) in [5.41, 5.74) is 1.11. The molecule has 2 heterocycles. The average molecular weight is 373 g/mol. The predicted molar refractivity (Wildman–Crippen MR) is 106 cm³/mol. The Morgan fingerprint density at radius 3 is 2.30 bits per heavy atom. The quantitative estimate of drug-likeness (QED) is 0.818. The summed E-state index contributed by atoms with van der Waals surface area (Å²) < 4.78 is 0. The normalized spacial score (nSPS) is 21.8. The molecule has 2 fully saturated rings. The van der Waals surface area contributed by atoms with E-state index in [1.54, 1.807) is 0 Å². The van der Waals surface area contributed by atoms with Crippen LogP contribution in [0.3, 0.4) is 0 Å². The van der Waals surface area contributed by atoms with Gasteiger partial charge in [-0.3, -0.25) is 19.4 Å². The van der Waals surface area contributed by atoms with Gasteiger partial charge in [0.25, 0.3) is 0 Å². The van der Waals surface area contributed by atoms with E-state index in [-0.39, 0.29) is 11.8 Å². The molecule has 1 unspecified atom stereocenters. The number of likely N-dealkylation sites (tertiary alicyclic amines) is 1. The van der Waals surface area contributed by atoms with E-state index < -0.39 is 0 Å². The zero-order valence-electron chi connectivity index (χ0n) is 16.4. The maximum Gasteiger partial charge on any atom is 0.236 e. The van der Waals surface area contributed by atoms with Crippen molar-refractivity contribution < 1.29 is 9.59 Å². The summed E-state index contributed by atoms with van der Waals surface area (Å²) in [6.45, 7) is 7.94. The Labute approximate surface area is 162 Å². The number of piperazine rings is 1. The number of nitrogens with zero attached hydrogens (tertiary/aromatic N) is 3. The summed E-state index contributed by atoms with van der Waals surface area (Å²) in [5, 5.41) is 2.98. The second-order valence-corrected chi connectivity index (χ2v) is 7.75. The molecule has 2 aliphatic rings. The molecular formula is C21H32N4O2. The third-order valence-electron chi connectivity index (χ3n) is 5.65. The molecule has 2 aliphatic heterocycles. The Bertz CT molecular complexity index is 614. The van der Waals surface area contributed by atoms with E-state index >= 15 is 0 Å². The molecule has 1 aromatic carbocycles. The third kappa shape index (κ3) is 6.04. The van der Waals surface area contributed by atoms with Crippen LogP contribution >= 0.6 is 0 Å². The zero-order valence-corrected chi connectivity index (χ0v) is 16.4.